The lowest BCUT2D eigenvalue weighted by atomic mass is 10.2. The number of para-hydroxylation sites is 1. The summed E-state index contributed by atoms with van der Waals surface area (Å²) in [6, 6.07) is 8.30. The molecule has 1 unspecified atom stereocenters. The summed E-state index contributed by atoms with van der Waals surface area (Å²) in [6.07, 6.45) is 1.20. The van der Waals surface area contributed by atoms with Crippen molar-refractivity contribution in [1.29, 1.82) is 0 Å². The fourth-order valence-electron chi connectivity index (χ4n) is 2.01. The maximum absolute atomic E-state index is 5.67. The molecule has 0 saturated carbocycles. The van der Waals surface area contributed by atoms with E-state index in [9.17, 15) is 0 Å². The van der Waals surface area contributed by atoms with Gasteiger partial charge >= 0.3 is 0 Å². The zero-order chi connectivity index (χ0) is 11.4. The van der Waals surface area contributed by atoms with Gasteiger partial charge in [0.1, 0.15) is 0 Å². The van der Waals surface area contributed by atoms with Crippen LogP contribution < -0.4 is 10.6 Å². The van der Waals surface area contributed by atoms with E-state index in [1.54, 1.807) is 0 Å². The van der Waals surface area contributed by atoms with E-state index in [0.29, 0.717) is 6.54 Å². The van der Waals surface area contributed by atoms with Crippen molar-refractivity contribution in [2.24, 2.45) is 5.73 Å². The summed E-state index contributed by atoms with van der Waals surface area (Å²) in [6.45, 7) is 3.35. The first-order valence-corrected chi connectivity index (χ1v) is 6.41. The minimum atomic E-state index is 0.269. The molecule has 4 heteroatoms. The first-order valence-electron chi connectivity index (χ1n) is 5.62. The van der Waals surface area contributed by atoms with Crippen molar-refractivity contribution in [2.75, 3.05) is 31.1 Å². The van der Waals surface area contributed by atoms with E-state index < -0.39 is 0 Å². The largest absolute Gasteiger partial charge is 0.374 e. The van der Waals surface area contributed by atoms with Gasteiger partial charge in [-0.25, -0.2) is 0 Å². The maximum Gasteiger partial charge on any atom is 0.0762 e. The van der Waals surface area contributed by atoms with Crippen LogP contribution in [0.1, 0.15) is 6.42 Å². The quantitative estimate of drug-likeness (QED) is 0.923. The molecule has 0 aliphatic carbocycles. The molecule has 88 valence electrons. The van der Waals surface area contributed by atoms with Crippen molar-refractivity contribution in [1.82, 2.24) is 0 Å². The zero-order valence-electron chi connectivity index (χ0n) is 9.23. The van der Waals surface area contributed by atoms with Crippen LogP contribution in [0.15, 0.2) is 28.7 Å². The molecule has 2 rings (SSSR count). The van der Waals surface area contributed by atoms with Gasteiger partial charge in [-0.1, -0.05) is 12.1 Å². The highest BCUT2D eigenvalue weighted by Crippen LogP contribution is 2.27. The number of morpholine rings is 1. The highest BCUT2D eigenvalue weighted by atomic mass is 79.9. The van der Waals surface area contributed by atoms with Crippen molar-refractivity contribution in [3.8, 4) is 0 Å². The molecule has 1 aliphatic rings. The number of hydrogen-bond acceptors (Lipinski definition) is 3. The number of rotatable bonds is 3. The Labute approximate surface area is 105 Å². The van der Waals surface area contributed by atoms with E-state index in [1.807, 2.05) is 6.07 Å². The standard InChI is InChI=1S/C12H17BrN2O/c13-11-3-1-2-4-12(11)15-7-8-16-10(9-15)5-6-14/h1-4,10H,5-9,14H2. The fourth-order valence-corrected chi connectivity index (χ4v) is 2.54. The van der Waals surface area contributed by atoms with Crippen LogP contribution in [0, 0.1) is 0 Å². The Kier molecular flexibility index (Phi) is 4.21. The molecule has 16 heavy (non-hydrogen) atoms. The number of nitrogens with two attached hydrogens (primary N) is 1. The Morgan fingerprint density at radius 1 is 1.44 bits per heavy atom. The van der Waals surface area contributed by atoms with Gasteiger partial charge in [-0.15, -0.1) is 0 Å². The number of nitrogens with zero attached hydrogens (tertiary/aromatic N) is 1. The lowest BCUT2D eigenvalue weighted by Gasteiger charge is -2.35. The lowest BCUT2D eigenvalue weighted by molar-refractivity contribution is 0.0368. The molecule has 1 saturated heterocycles. The second-order valence-electron chi connectivity index (χ2n) is 3.97. The van der Waals surface area contributed by atoms with Crippen LogP contribution >= 0.6 is 15.9 Å². The number of halogens is 1. The molecule has 0 spiro atoms. The Balaban J connectivity index is 2.07. The van der Waals surface area contributed by atoms with E-state index in [4.69, 9.17) is 10.5 Å². The summed E-state index contributed by atoms with van der Waals surface area (Å²) in [5.74, 6) is 0. The number of anilines is 1. The van der Waals surface area contributed by atoms with Crippen LogP contribution in [-0.2, 0) is 4.74 Å². The van der Waals surface area contributed by atoms with Crippen molar-refractivity contribution in [2.45, 2.75) is 12.5 Å². The van der Waals surface area contributed by atoms with E-state index >= 15 is 0 Å². The molecule has 0 aromatic heterocycles. The van der Waals surface area contributed by atoms with Crippen LogP contribution in [0.3, 0.4) is 0 Å². The van der Waals surface area contributed by atoms with Crippen molar-refractivity contribution >= 4 is 21.6 Å². The van der Waals surface area contributed by atoms with E-state index in [-0.39, 0.29) is 6.10 Å². The molecule has 0 radical (unpaired) electrons. The zero-order valence-corrected chi connectivity index (χ0v) is 10.8. The predicted molar refractivity (Wildman–Crippen MR) is 69.8 cm³/mol. The van der Waals surface area contributed by atoms with E-state index in [0.717, 1.165) is 30.6 Å². The van der Waals surface area contributed by atoms with Gasteiger partial charge in [-0.05, 0) is 41.0 Å². The van der Waals surface area contributed by atoms with Gasteiger partial charge < -0.3 is 15.4 Å². The van der Waals surface area contributed by atoms with E-state index in [1.165, 1.54) is 5.69 Å². The SMILES string of the molecule is NCCC1CN(c2ccccc2Br)CCO1. The average molecular weight is 285 g/mol. The highest BCUT2D eigenvalue weighted by molar-refractivity contribution is 9.10. The molecule has 2 N–H and O–H groups in total. The van der Waals surface area contributed by atoms with Gasteiger partial charge in [-0.2, -0.15) is 0 Å². The summed E-state index contributed by atoms with van der Waals surface area (Å²) in [4.78, 5) is 2.36. The molecule has 1 fully saturated rings. The van der Waals surface area contributed by atoms with Crippen molar-refractivity contribution in [3.05, 3.63) is 28.7 Å². The van der Waals surface area contributed by atoms with Gasteiger partial charge in [-0.3, -0.25) is 0 Å². The summed E-state index contributed by atoms with van der Waals surface area (Å²) in [5, 5.41) is 0. The third-order valence-electron chi connectivity index (χ3n) is 2.82. The number of hydrogen-bond donors (Lipinski definition) is 1. The predicted octanol–water partition coefficient (Wildman–Crippen LogP) is 2.00. The molecule has 3 nitrogen and oxygen atoms in total. The van der Waals surface area contributed by atoms with Crippen molar-refractivity contribution < 1.29 is 4.74 Å². The Bertz CT molecular complexity index is 344. The van der Waals surface area contributed by atoms with Gasteiger partial charge in [0.25, 0.3) is 0 Å². The normalized spacial score (nSPS) is 21.1. The number of benzene rings is 1. The smallest absolute Gasteiger partial charge is 0.0762 e. The first-order chi connectivity index (χ1) is 7.81. The first kappa shape index (κ1) is 11.9. The number of ether oxygens (including phenoxy) is 1. The fraction of sp³-hybridized carbons (Fsp3) is 0.500. The van der Waals surface area contributed by atoms with Gasteiger partial charge in [0, 0.05) is 17.6 Å². The highest BCUT2D eigenvalue weighted by Gasteiger charge is 2.20. The monoisotopic (exact) mass is 284 g/mol. The third-order valence-corrected chi connectivity index (χ3v) is 3.49. The molecule has 1 atom stereocenters. The molecule has 1 aromatic carbocycles. The molecular formula is C12H17BrN2O. The van der Waals surface area contributed by atoms with Crippen LogP contribution in [0.2, 0.25) is 0 Å². The maximum atomic E-state index is 5.67. The second-order valence-corrected chi connectivity index (χ2v) is 4.82. The summed E-state index contributed by atoms with van der Waals surface area (Å²) in [5.41, 5.74) is 6.81. The van der Waals surface area contributed by atoms with Crippen LogP contribution in [-0.4, -0.2) is 32.3 Å². The molecular weight excluding hydrogens is 268 g/mol. The van der Waals surface area contributed by atoms with Crippen LogP contribution in [0.4, 0.5) is 5.69 Å². The Morgan fingerprint density at radius 2 is 2.25 bits per heavy atom. The Hall–Kier alpha value is -0.580. The van der Waals surface area contributed by atoms with Crippen LogP contribution in [0.5, 0.6) is 0 Å². The van der Waals surface area contributed by atoms with Crippen molar-refractivity contribution in [3.63, 3.8) is 0 Å². The minimum Gasteiger partial charge on any atom is -0.374 e. The minimum absolute atomic E-state index is 0.269. The van der Waals surface area contributed by atoms with E-state index in [2.05, 4.69) is 39.0 Å². The molecule has 1 aliphatic heterocycles. The molecule has 1 heterocycles. The summed E-state index contributed by atoms with van der Waals surface area (Å²) >= 11 is 3.58. The molecule has 0 amide bonds. The third kappa shape index (κ3) is 2.75. The molecule has 1 aromatic rings. The van der Waals surface area contributed by atoms with Gasteiger partial charge in [0.05, 0.1) is 18.4 Å². The molecule has 0 bridgehead atoms. The lowest BCUT2D eigenvalue weighted by Crippen LogP contribution is -2.43. The van der Waals surface area contributed by atoms with Gasteiger partial charge in [0.2, 0.25) is 0 Å². The van der Waals surface area contributed by atoms with Gasteiger partial charge in [0.15, 0.2) is 0 Å². The second kappa shape index (κ2) is 5.66. The summed E-state index contributed by atoms with van der Waals surface area (Å²) < 4.78 is 6.82. The topological polar surface area (TPSA) is 38.5 Å². The Morgan fingerprint density at radius 3 is 3.00 bits per heavy atom. The average Bonchev–Trinajstić information content (AvgIpc) is 2.30. The summed E-state index contributed by atoms with van der Waals surface area (Å²) in [7, 11) is 0. The van der Waals surface area contributed by atoms with Crippen LogP contribution in [0.25, 0.3) is 0 Å².